The minimum absolute atomic E-state index is 0.0128. The highest BCUT2D eigenvalue weighted by Gasteiger charge is 2.32. The average molecular weight is 334 g/mol. The van der Waals surface area contributed by atoms with Gasteiger partial charge in [0.25, 0.3) is 0 Å². The molecule has 1 unspecified atom stereocenters. The zero-order chi connectivity index (χ0) is 16.9. The largest absolute Gasteiger partial charge is 0.165 e. The topological polar surface area (TPSA) is 0 Å². The van der Waals surface area contributed by atoms with Gasteiger partial charge in [-0.1, -0.05) is 59.2 Å². The summed E-state index contributed by atoms with van der Waals surface area (Å²) in [4.78, 5) is 2.81. The van der Waals surface area contributed by atoms with E-state index in [-0.39, 0.29) is 10.9 Å². The first-order valence-electron chi connectivity index (χ1n) is 8.50. The van der Waals surface area contributed by atoms with Gasteiger partial charge in [-0.3, -0.25) is 0 Å². The molecular weight excluding hydrogens is 308 g/mol. The van der Waals surface area contributed by atoms with Crippen molar-refractivity contribution < 1.29 is 0 Å². The summed E-state index contributed by atoms with van der Waals surface area (Å²) in [6, 6.07) is 18.1. The quantitative estimate of drug-likeness (QED) is 0.465. The highest BCUT2D eigenvalue weighted by atomic mass is 32.2. The third-order valence-corrected chi connectivity index (χ3v) is 6.69. The smallest absolute Gasteiger partial charge is 0.0792 e. The Morgan fingerprint density at radius 1 is 0.750 bits per heavy atom. The number of aryl methyl sites for hydroxylation is 2. The fourth-order valence-corrected chi connectivity index (χ4v) is 5.10. The van der Waals surface area contributed by atoms with Gasteiger partial charge in [0.05, 0.1) is 10.9 Å². The zero-order valence-corrected chi connectivity index (χ0v) is 15.5. The van der Waals surface area contributed by atoms with E-state index < -0.39 is 0 Å². The van der Waals surface area contributed by atoms with Gasteiger partial charge < -0.3 is 0 Å². The fourth-order valence-electron chi connectivity index (χ4n) is 2.83. The van der Waals surface area contributed by atoms with E-state index in [1.165, 1.54) is 26.5 Å². The molecular formula is C23H25S+. The van der Waals surface area contributed by atoms with E-state index in [0.717, 1.165) is 6.42 Å². The summed E-state index contributed by atoms with van der Waals surface area (Å²) < 4.78 is 0. The van der Waals surface area contributed by atoms with E-state index in [2.05, 4.69) is 99.7 Å². The molecule has 0 saturated heterocycles. The molecule has 0 spiro atoms. The Morgan fingerprint density at radius 3 is 1.83 bits per heavy atom. The monoisotopic (exact) mass is 333 g/mol. The predicted molar refractivity (Wildman–Crippen MR) is 107 cm³/mol. The number of allylic oxidation sites excluding steroid dienone is 4. The minimum atomic E-state index is 0.0128. The van der Waals surface area contributed by atoms with Crippen LogP contribution in [-0.4, -0.2) is 5.25 Å². The molecule has 0 heterocycles. The molecule has 1 aliphatic carbocycles. The Morgan fingerprint density at radius 2 is 1.29 bits per heavy atom. The summed E-state index contributed by atoms with van der Waals surface area (Å²) >= 11 is 0. The first kappa shape index (κ1) is 16.9. The molecule has 2 aromatic carbocycles. The molecule has 0 amide bonds. The molecule has 1 aliphatic rings. The molecule has 0 nitrogen and oxygen atoms in total. The summed E-state index contributed by atoms with van der Waals surface area (Å²) in [7, 11) is 0.0128. The third kappa shape index (κ3) is 4.10. The summed E-state index contributed by atoms with van der Waals surface area (Å²) in [6.45, 7) is 6.49. The molecule has 0 saturated carbocycles. The molecule has 0 radical (unpaired) electrons. The molecule has 2 aromatic rings. The van der Waals surface area contributed by atoms with Gasteiger partial charge in [-0.15, -0.1) is 0 Å². The lowest BCUT2D eigenvalue weighted by Gasteiger charge is -2.15. The SMILES string of the molecule is C/C1=C/C=CC([S+](c2ccc(C)cc2)c2ccc(C)cc2)/C=C\C1. The lowest BCUT2D eigenvalue weighted by molar-refractivity contribution is 1.17. The first-order chi connectivity index (χ1) is 11.6. The molecule has 0 bridgehead atoms. The molecule has 1 heteroatoms. The lowest BCUT2D eigenvalue weighted by Crippen LogP contribution is -2.18. The number of rotatable bonds is 3. The maximum absolute atomic E-state index is 2.38. The van der Waals surface area contributed by atoms with Gasteiger partial charge in [0.15, 0.2) is 15.0 Å². The van der Waals surface area contributed by atoms with Crippen molar-refractivity contribution in [2.45, 2.75) is 42.2 Å². The Hall–Kier alpha value is -1.99. The van der Waals surface area contributed by atoms with Gasteiger partial charge in [-0.05, 0) is 63.6 Å². The Labute approximate surface area is 149 Å². The molecule has 0 N–H and O–H groups in total. The van der Waals surface area contributed by atoms with Crippen molar-refractivity contribution in [1.82, 2.24) is 0 Å². The van der Waals surface area contributed by atoms with Crippen molar-refractivity contribution in [2.75, 3.05) is 0 Å². The van der Waals surface area contributed by atoms with Crippen LogP contribution in [0.3, 0.4) is 0 Å². The summed E-state index contributed by atoms with van der Waals surface area (Å²) in [5.41, 5.74) is 4.04. The van der Waals surface area contributed by atoms with Gasteiger partial charge in [0.1, 0.15) is 0 Å². The molecule has 3 rings (SSSR count). The maximum atomic E-state index is 2.38. The summed E-state index contributed by atoms with van der Waals surface area (Å²) in [6.07, 6.45) is 12.6. The highest BCUT2D eigenvalue weighted by Crippen LogP contribution is 2.30. The van der Waals surface area contributed by atoms with E-state index in [4.69, 9.17) is 0 Å². The van der Waals surface area contributed by atoms with E-state index in [1.54, 1.807) is 0 Å². The predicted octanol–water partition coefficient (Wildman–Crippen LogP) is 6.17. The molecule has 0 fully saturated rings. The van der Waals surface area contributed by atoms with Crippen LogP contribution in [0, 0.1) is 13.8 Å². The van der Waals surface area contributed by atoms with Crippen LogP contribution in [0.4, 0.5) is 0 Å². The number of hydrogen-bond donors (Lipinski definition) is 0. The van der Waals surface area contributed by atoms with Crippen LogP contribution in [0.2, 0.25) is 0 Å². The van der Waals surface area contributed by atoms with Crippen LogP contribution in [0.5, 0.6) is 0 Å². The second kappa shape index (κ2) is 7.72. The number of benzene rings is 2. The van der Waals surface area contributed by atoms with Crippen molar-refractivity contribution in [3.8, 4) is 0 Å². The average Bonchev–Trinajstić information content (AvgIpc) is 2.56. The minimum Gasteiger partial charge on any atom is -0.0792 e. The van der Waals surface area contributed by atoms with Gasteiger partial charge in [-0.25, -0.2) is 0 Å². The van der Waals surface area contributed by atoms with Crippen molar-refractivity contribution in [2.24, 2.45) is 0 Å². The molecule has 0 aliphatic heterocycles. The van der Waals surface area contributed by atoms with E-state index in [1.807, 2.05) is 0 Å². The van der Waals surface area contributed by atoms with Gasteiger partial charge in [0.2, 0.25) is 0 Å². The second-order valence-electron chi connectivity index (χ2n) is 6.46. The van der Waals surface area contributed by atoms with Crippen LogP contribution < -0.4 is 0 Å². The van der Waals surface area contributed by atoms with Crippen LogP contribution in [0.15, 0.2) is 94.3 Å². The van der Waals surface area contributed by atoms with Crippen LogP contribution in [-0.2, 0) is 10.9 Å². The van der Waals surface area contributed by atoms with Crippen molar-refractivity contribution in [1.29, 1.82) is 0 Å². The van der Waals surface area contributed by atoms with Crippen molar-refractivity contribution >= 4 is 10.9 Å². The van der Waals surface area contributed by atoms with E-state index in [0.29, 0.717) is 5.25 Å². The van der Waals surface area contributed by atoms with E-state index in [9.17, 15) is 0 Å². The summed E-state index contributed by atoms with van der Waals surface area (Å²) in [5, 5.41) is 0.403. The van der Waals surface area contributed by atoms with Gasteiger partial charge >= 0.3 is 0 Å². The Bertz CT molecular complexity index is 715. The van der Waals surface area contributed by atoms with E-state index >= 15 is 0 Å². The number of hydrogen-bond acceptors (Lipinski definition) is 0. The van der Waals surface area contributed by atoms with Crippen LogP contribution >= 0.6 is 0 Å². The third-order valence-electron chi connectivity index (χ3n) is 4.27. The molecule has 122 valence electrons. The highest BCUT2D eigenvalue weighted by molar-refractivity contribution is 7.97. The normalized spacial score (nSPS) is 21.0. The second-order valence-corrected chi connectivity index (χ2v) is 8.62. The van der Waals surface area contributed by atoms with Crippen molar-refractivity contribution in [3.05, 3.63) is 95.6 Å². The lowest BCUT2D eigenvalue weighted by atomic mass is 10.1. The molecule has 0 aromatic heterocycles. The fraction of sp³-hybridized carbons (Fsp3) is 0.217. The molecule has 24 heavy (non-hydrogen) atoms. The standard InChI is InChI=1S/C23H25S/c1-18-6-4-8-21(9-5-7-18)24(22-14-10-19(2)11-15-22)23-16-12-20(3)13-17-23/h4-6,8-17,21H,7H2,1-3H3/q+1/b8-4?,9-5-,18-6-. The maximum Gasteiger partial charge on any atom is 0.165 e. The van der Waals surface area contributed by atoms with Crippen molar-refractivity contribution in [3.63, 3.8) is 0 Å². The first-order valence-corrected chi connectivity index (χ1v) is 9.79. The van der Waals surface area contributed by atoms with Crippen LogP contribution in [0.1, 0.15) is 24.5 Å². The Balaban J connectivity index is 2.04. The summed E-state index contributed by atoms with van der Waals surface area (Å²) in [5.74, 6) is 0. The van der Waals surface area contributed by atoms with Gasteiger partial charge in [0, 0.05) is 0 Å². The van der Waals surface area contributed by atoms with Crippen LogP contribution in [0.25, 0.3) is 0 Å². The molecule has 1 atom stereocenters. The van der Waals surface area contributed by atoms with Gasteiger partial charge in [-0.2, -0.15) is 0 Å². The Kier molecular flexibility index (Phi) is 5.42. The zero-order valence-electron chi connectivity index (χ0n) is 14.7.